The number of pyridine rings is 1. The molecular formula is C24H20F2N4O. The highest BCUT2D eigenvalue weighted by Gasteiger charge is 2.22. The molecule has 0 unspecified atom stereocenters. The molecule has 2 aromatic heterocycles. The van der Waals surface area contributed by atoms with E-state index in [1.165, 1.54) is 6.07 Å². The molecule has 0 amide bonds. The Morgan fingerprint density at radius 3 is 2.55 bits per heavy atom. The third-order valence-corrected chi connectivity index (χ3v) is 5.53. The lowest BCUT2D eigenvalue weighted by Gasteiger charge is -2.21. The molecule has 0 spiro atoms. The first-order valence-corrected chi connectivity index (χ1v) is 10.1. The van der Waals surface area contributed by atoms with Crippen molar-refractivity contribution < 1.29 is 13.5 Å². The number of nitrogens with zero attached hydrogens (tertiary/aromatic N) is 4. The van der Waals surface area contributed by atoms with Crippen molar-refractivity contribution in [3.63, 3.8) is 0 Å². The Bertz CT molecular complexity index is 1260. The molecule has 0 atom stereocenters. The summed E-state index contributed by atoms with van der Waals surface area (Å²) in [6.45, 7) is 1.75. The second-order valence-corrected chi connectivity index (χ2v) is 7.51. The van der Waals surface area contributed by atoms with E-state index in [0.717, 1.165) is 54.8 Å². The fourth-order valence-electron chi connectivity index (χ4n) is 4.01. The number of halogens is 2. The van der Waals surface area contributed by atoms with E-state index in [9.17, 15) is 8.78 Å². The first-order valence-electron chi connectivity index (χ1n) is 10.1. The van der Waals surface area contributed by atoms with Crippen molar-refractivity contribution in [2.45, 2.75) is 12.8 Å². The fraction of sp³-hybridized carbons (Fsp3) is 0.208. The van der Waals surface area contributed by atoms with Crippen molar-refractivity contribution in [1.82, 2.24) is 15.0 Å². The molecule has 4 aromatic rings. The molecule has 0 saturated carbocycles. The second-order valence-electron chi connectivity index (χ2n) is 7.51. The number of rotatable bonds is 4. The number of anilines is 1. The predicted molar refractivity (Wildman–Crippen MR) is 116 cm³/mol. The quantitative estimate of drug-likeness (QED) is 0.453. The first-order chi connectivity index (χ1) is 15.1. The smallest absolute Gasteiger partial charge is 0.163 e. The molecule has 1 fully saturated rings. The van der Waals surface area contributed by atoms with Crippen molar-refractivity contribution in [2.75, 3.05) is 25.1 Å². The first kappa shape index (κ1) is 19.4. The van der Waals surface area contributed by atoms with E-state index < -0.39 is 11.6 Å². The van der Waals surface area contributed by atoms with Crippen LogP contribution in [0, 0.1) is 11.6 Å². The number of ether oxygens (including phenoxy) is 1. The van der Waals surface area contributed by atoms with Gasteiger partial charge in [-0.25, -0.2) is 18.7 Å². The van der Waals surface area contributed by atoms with Gasteiger partial charge in [-0.2, -0.15) is 0 Å². The van der Waals surface area contributed by atoms with Gasteiger partial charge in [-0.05, 0) is 60.9 Å². The second kappa shape index (κ2) is 7.91. The van der Waals surface area contributed by atoms with Crippen molar-refractivity contribution in [3.8, 4) is 28.3 Å². The lowest BCUT2D eigenvalue weighted by Crippen LogP contribution is -2.20. The largest absolute Gasteiger partial charge is 0.494 e. The number of aromatic nitrogens is 3. The van der Waals surface area contributed by atoms with Crippen LogP contribution in [0.3, 0.4) is 0 Å². The molecule has 2 aromatic carbocycles. The number of methoxy groups -OCH3 is 1. The Hall–Kier alpha value is -3.61. The Morgan fingerprint density at radius 1 is 0.968 bits per heavy atom. The molecule has 0 radical (unpaired) electrons. The van der Waals surface area contributed by atoms with Crippen LogP contribution in [-0.4, -0.2) is 35.2 Å². The summed E-state index contributed by atoms with van der Waals surface area (Å²) >= 11 is 0. The Morgan fingerprint density at radius 2 is 1.81 bits per heavy atom. The zero-order chi connectivity index (χ0) is 21.4. The molecule has 0 N–H and O–H groups in total. The van der Waals surface area contributed by atoms with Gasteiger partial charge >= 0.3 is 0 Å². The number of benzene rings is 2. The molecule has 5 nitrogen and oxygen atoms in total. The van der Waals surface area contributed by atoms with Crippen LogP contribution >= 0.6 is 0 Å². The molecule has 0 aliphatic carbocycles. The van der Waals surface area contributed by atoms with Gasteiger partial charge in [0.15, 0.2) is 5.82 Å². The number of fused-ring (bicyclic) bond motifs is 1. The maximum Gasteiger partial charge on any atom is 0.163 e. The van der Waals surface area contributed by atoms with Crippen LogP contribution in [0.5, 0.6) is 5.75 Å². The monoisotopic (exact) mass is 418 g/mol. The highest BCUT2D eigenvalue weighted by molar-refractivity contribution is 5.98. The SMILES string of the molecule is COc1cc(-c2cc(F)ccc2F)cc2c(N3CCCC3)nc(-c3cccnc3)nc12. The number of hydrogen-bond acceptors (Lipinski definition) is 5. The number of hydrogen-bond donors (Lipinski definition) is 0. The van der Waals surface area contributed by atoms with Crippen LogP contribution in [0.15, 0.2) is 54.9 Å². The van der Waals surface area contributed by atoms with E-state index in [1.54, 1.807) is 25.6 Å². The average Bonchev–Trinajstić information content (AvgIpc) is 3.34. The maximum atomic E-state index is 14.5. The molecule has 1 saturated heterocycles. The molecule has 1 aliphatic heterocycles. The van der Waals surface area contributed by atoms with Crippen LogP contribution in [0.2, 0.25) is 0 Å². The zero-order valence-corrected chi connectivity index (χ0v) is 17.0. The molecule has 0 bridgehead atoms. The average molecular weight is 418 g/mol. The highest BCUT2D eigenvalue weighted by atomic mass is 19.1. The molecular weight excluding hydrogens is 398 g/mol. The standard InChI is InChI=1S/C24H20F2N4O/c1-31-21-12-16(18-13-17(25)6-7-20(18)26)11-19-22(21)28-23(15-5-4-8-27-14-15)29-24(19)30-9-2-3-10-30/h4-8,11-14H,2-3,9-10H2,1H3. The van der Waals surface area contributed by atoms with Gasteiger partial charge in [-0.1, -0.05) is 0 Å². The van der Waals surface area contributed by atoms with Crippen molar-refractivity contribution in [1.29, 1.82) is 0 Å². The predicted octanol–water partition coefficient (Wildman–Crippen LogP) is 5.25. The molecule has 156 valence electrons. The van der Waals surface area contributed by atoms with Crippen molar-refractivity contribution in [2.24, 2.45) is 0 Å². The molecule has 5 rings (SSSR count). The molecule has 1 aliphatic rings. The minimum atomic E-state index is -0.501. The van der Waals surface area contributed by atoms with E-state index in [-0.39, 0.29) is 5.56 Å². The summed E-state index contributed by atoms with van der Waals surface area (Å²) in [5.74, 6) is 0.782. The Labute approximate surface area is 178 Å². The minimum absolute atomic E-state index is 0.170. The summed E-state index contributed by atoms with van der Waals surface area (Å²) in [4.78, 5) is 16.0. The van der Waals surface area contributed by atoms with Crippen LogP contribution in [-0.2, 0) is 0 Å². The van der Waals surface area contributed by atoms with Crippen LogP contribution in [0.1, 0.15) is 12.8 Å². The van der Waals surface area contributed by atoms with Gasteiger partial charge in [-0.15, -0.1) is 0 Å². The zero-order valence-electron chi connectivity index (χ0n) is 17.0. The van der Waals surface area contributed by atoms with Gasteiger partial charge in [0.1, 0.15) is 28.7 Å². The maximum absolute atomic E-state index is 14.5. The third kappa shape index (κ3) is 3.56. The summed E-state index contributed by atoms with van der Waals surface area (Å²) in [5, 5.41) is 0.743. The van der Waals surface area contributed by atoms with Gasteiger partial charge in [0.05, 0.1) is 7.11 Å². The van der Waals surface area contributed by atoms with Gasteiger partial charge in [0, 0.05) is 42.0 Å². The van der Waals surface area contributed by atoms with E-state index in [4.69, 9.17) is 14.7 Å². The highest BCUT2D eigenvalue weighted by Crippen LogP contribution is 2.38. The third-order valence-electron chi connectivity index (χ3n) is 5.53. The van der Waals surface area contributed by atoms with E-state index >= 15 is 0 Å². The Kier molecular flexibility index (Phi) is 4.94. The lowest BCUT2D eigenvalue weighted by atomic mass is 10.0. The molecule has 31 heavy (non-hydrogen) atoms. The summed E-state index contributed by atoms with van der Waals surface area (Å²) in [5.41, 5.74) is 2.11. The molecule has 7 heteroatoms. The van der Waals surface area contributed by atoms with Crippen LogP contribution in [0.4, 0.5) is 14.6 Å². The van der Waals surface area contributed by atoms with E-state index in [1.807, 2.05) is 18.2 Å². The van der Waals surface area contributed by atoms with Gasteiger partial charge in [0.25, 0.3) is 0 Å². The van der Waals surface area contributed by atoms with Gasteiger partial charge in [-0.3, -0.25) is 4.98 Å². The topological polar surface area (TPSA) is 51.1 Å². The van der Waals surface area contributed by atoms with E-state index in [0.29, 0.717) is 22.7 Å². The summed E-state index contributed by atoms with van der Waals surface area (Å²) in [6.07, 6.45) is 5.57. The normalized spacial score (nSPS) is 13.7. The van der Waals surface area contributed by atoms with Crippen molar-refractivity contribution >= 4 is 16.7 Å². The van der Waals surface area contributed by atoms with Crippen LogP contribution < -0.4 is 9.64 Å². The minimum Gasteiger partial charge on any atom is -0.494 e. The fourth-order valence-corrected chi connectivity index (χ4v) is 4.01. The van der Waals surface area contributed by atoms with Gasteiger partial charge < -0.3 is 9.64 Å². The Balaban J connectivity index is 1.79. The summed E-state index contributed by atoms with van der Waals surface area (Å²) < 4.78 is 34.0. The summed E-state index contributed by atoms with van der Waals surface area (Å²) in [6, 6.07) is 10.7. The van der Waals surface area contributed by atoms with Gasteiger partial charge in [0.2, 0.25) is 0 Å². The van der Waals surface area contributed by atoms with Crippen LogP contribution in [0.25, 0.3) is 33.4 Å². The summed E-state index contributed by atoms with van der Waals surface area (Å²) in [7, 11) is 1.54. The molecule has 3 heterocycles. The van der Waals surface area contributed by atoms with E-state index in [2.05, 4.69) is 9.88 Å². The lowest BCUT2D eigenvalue weighted by molar-refractivity contribution is 0.419. The van der Waals surface area contributed by atoms with Crippen molar-refractivity contribution in [3.05, 3.63) is 66.5 Å².